The van der Waals surface area contributed by atoms with Crippen molar-refractivity contribution < 1.29 is 44.2 Å². The van der Waals surface area contributed by atoms with Crippen LogP contribution in [-0.2, 0) is 23.8 Å². The van der Waals surface area contributed by atoms with Crippen LogP contribution < -0.4 is 61.6 Å². The average molecular weight is 759 g/mol. The number of aryl methyl sites for hydroxylation is 1. The molecule has 3 heterocycles. The highest BCUT2D eigenvalue weighted by Crippen LogP contribution is 2.29. The Hall–Kier alpha value is -3.59. The molecule has 0 unspecified atom stereocenters. The molecule has 1 saturated carbocycles. The van der Waals surface area contributed by atoms with Crippen LogP contribution in [0.1, 0.15) is 37.5 Å². The van der Waals surface area contributed by atoms with E-state index in [1.807, 2.05) is 0 Å². The molecule has 0 bridgehead atoms. The third kappa shape index (κ3) is 10.3. The number of aliphatic hydroxyl groups is 4. The molecule has 0 aromatic carbocycles. The highest BCUT2D eigenvalue weighted by molar-refractivity contribution is 5.89. The molecule has 14 atom stereocenters. The van der Waals surface area contributed by atoms with E-state index in [4.69, 9.17) is 48.6 Å². The highest BCUT2D eigenvalue weighted by Gasteiger charge is 2.48. The summed E-state index contributed by atoms with van der Waals surface area (Å²) in [6.07, 6.45) is -9.21. The fourth-order valence-electron chi connectivity index (χ4n) is 6.60. The Morgan fingerprint density at radius 3 is 2.45 bits per heavy atom. The zero-order valence-electron chi connectivity index (χ0n) is 29.3. The first-order valence-electron chi connectivity index (χ1n) is 17.4. The molecule has 2 aliphatic heterocycles. The van der Waals surface area contributed by atoms with E-state index in [0.717, 1.165) is 4.57 Å². The number of carbonyl (C=O) groups is 2. The number of nitrogens with two attached hydrogens (primary N) is 6. The van der Waals surface area contributed by atoms with Crippen LogP contribution in [0.2, 0.25) is 0 Å². The van der Waals surface area contributed by atoms with Gasteiger partial charge in [-0.1, -0.05) is 0 Å². The first kappa shape index (κ1) is 42.2. The molecular formula is C30H54N12O11. The number of aliphatic imine (C=N–C) groups is 1. The number of nitrogens with one attached hydrogen (secondary N) is 4. The Bertz CT molecular complexity index is 1540. The van der Waals surface area contributed by atoms with Gasteiger partial charge in [-0.2, -0.15) is 0 Å². The predicted octanol–water partition coefficient (Wildman–Crippen LogP) is -8.36. The van der Waals surface area contributed by atoms with Crippen molar-refractivity contribution in [2.75, 3.05) is 26.2 Å². The van der Waals surface area contributed by atoms with Gasteiger partial charge in [-0.3, -0.25) is 28.9 Å². The summed E-state index contributed by atoms with van der Waals surface area (Å²) in [4.78, 5) is 56.9. The smallest absolute Gasteiger partial charge is 0.330 e. The molecule has 1 aliphatic carbocycles. The third-order valence-corrected chi connectivity index (χ3v) is 9.59. The summed E-state index contributed by atoms with van der Waals surface area (Å²) in [5.74, 6) is -1.58. The number of hydrogen-bond acceptors (Lipinski definition) is 17. The Morgan fingerprint density at radius 1 is 1.06 bits per heavy atom. The number of ether oxygens (including phenoxy) is 3. The van der Waals surface area contributed by atoms with Gasteiger partial charge in [0.1, 0.15) is 30.6 Å². The maximum atomic E-state index is 13.4. The van der Waals surface area contributed by atoms with Crippen LogP contribution in [0.4, 0.5) is 0 Å². The van der Waals surface area contributed by atoms with E-state index in [1.165, 1.54) is 13.1 Å². The van der Waals surface area contributed by atoms with Crippen LogP contribution >= 0.6 is 0 Å². The van der Waals surface area contributed by atoms with E-state index in [2.05, 4.69) is 25.9 Å². The van der Waals surface area contributed by atoms with Crippen molar-refractivity contribution in [1.82, 2.24) is 25.5 Å². The molecule has 20 N–H and O–H groups in total. The number of guanidine groups is 1. The number of hydrogen-bond donors (Lipinski definition) is 14. The van der Waals surface area contributed by atoms with Crippen molar-refractivity contribution in [3.8, 4) is 0 Å². The predicted molar refractivity (Wildman–Crippen MR) is 186 cm³/mol. The molecule has 0 radical (unpaired) electrons. The summed E-state index contributed by atoms with van der Waals surface area (Å²) in [5.41, 5.74) is 33.9. The number of aromatic nitrogens is 2. The second kappa shape index (κ2) is 18.6. The van der Waals surface area contributed by atoms with Gasteiger partial charge in [0.25, 0.3) is 11.5 Å². The monoisotopic (exact) mass is 758 g/mol. The quantitative estimate of drug-likeness (QED) is 0.0448. The van der Waals surface area contributed by atoms with Crippen molar-refractivity contribution in [3.63, 3.8) is 0 Å². The summed E-state index contributed by atoms with van der Waals surface area (Å²) >= 11 is 0. The van der Waals surface area contributed by atoms with E-state index >= 15 is 0 Å². The molecule has 0 spiro atoms. The lowest BCUT2D eigenvalue weighted by Gasteiger charge is -2.47. The van der Waals surface area contributed by atoms with Gasteiger partial charge in [0, 0.05) is 56.4 Å². The normalized spacial score (nSPS) is 35.0. The van der Waals surface area contributed by atoms with Crippen molar-refractivity contribution in [2.24, 2.45) is 39.4 Å². The van der Waals surface area contributed by atoms with Crippen LogP contribution in [-0.4, -0.2) is 153 Å². The van der Waals surface area contributed by atoms with Gasteiger partial charge in [0.15, 0.2) is 18.4 Å². The summed E-state index contributed by atoms with van der Waals surface area (Å²) in [7, 11) is 0. The minimum absolute atomic E-state index is 0.0157. The lowest BCUT2D eigenvalue weighted by molar-refractivity contribution is -0.279. The number of amides is 2. The maximum absolute atomic E-state index is 13.4. The third-order valence-electron chi connectivity index (χ3n) is 9.59. The van der Waals surface area contributed by atoms with Crippen LogP contribution in [0.15, 0.2) is 20.8 Å². The molecule has 53 heavy (non-hydrogen) atoms. The minimum Gasteiger partial charge on any atom is -0.390 e. The van der Waals surface area contributed by atoms with E-state index in [0.29, 0.717) is 0 Å². The van der Waals surface area contributed by atoms with Gasteiger partial charge in [0.2, 0.25) is 5.91 Å². The second-order valence-corrected chi connectivity index (χ2v) is 13.6. The molecule has 4 rings (SSSR count). The molecule has 2 saturated heterocycles. The van der Waals surface area contributed by atoms with Gasteiger partial charge >= 0.3 is 5.69 Å². The van der Waals surface area contributed by atoms with E-state index < -0.39 is 109 Å². The number of aromatic amines is 1. The molecule has 1 aromatic rings. The summed E-state index contributed by atoms with van der Waals surface area (Å²) in [6.45, 7) is 1.56. The zero-order chi connectivity index (χ0) is 39.1. The Kier molecular flexibility index (Phi) is 14.8. The molecule has 23 nitrogen and oxygen atoms in total. The largest absolute Gasteiger partial charge is 0.390 e. The summed E-state index contributed by atoms with van der Waals surface area (Å²) < 4.78 is 18.5. The van der Waals surface area contributed by atoms with E-state index in [1.54, 1.807) is 0 Å². The van der Waals surface area contributed by atoms with Crippen LogP contribution in [0.3, 0.4) is 0 Å². The topological polar surface area (TPSA) is 402 Å². The number of aliphatic hydroxyl groups excluding tert-OH is 4. The molecular weight excluding hydrogens is 704 g/mol. The van der Waals surface area contributed by atoms with Crippen molar-refractivity contribution >= 4 is 17.8 Å². The zero-order valence-corrected chi connectivity index (χ0v) is 29.3. The Morgan fingerprint density at radius 2 is 1.77 bits per heavy atom. The lowest BCUT2D eigenvalue weighted by atomic mass is 9.82. The van der Waals surface area contributed by atoms with Crippen LogP contribution in [0, 0.1) is 6.92 Å². The fraction of sp³-hybridized carbons (Fsp3) is 0.767. The first-order valence-corrected chi connectivity index (χ1v) is 17.4. The Labute approximate surface area is 303 Å². The molecule has 3 aliphatic rings. The van der Waals surface area contributed by atoms with Crippen molar-refractivity contribution in [2.45, 2.75) is 118 Å². The standard InChI is InChI=1S/C30H54N12O11/c1-11-10-42(30(50)41-25(11)47)17-8-15(43)24(52-17)27(49)40-14(3-2-4-39-29(35)36)26(48)38-6-5-37-19-20(44)12(32)7-13(33)23(19)53-28-18(34)22(46)21(45)16(9-31)51-28/h10,12-24,28,37,43-46H,2-9,31-34H2,1H3,(H,38,48)(H,40,49)(H4,35,36,39)(H,41,47,50)/t12-,13+,14+,15+,16-,17-,18-,19+,20+,21-,22-,23-,24+,28-/m1/s1. The first-order chi connectivity index (χ1) is 25.0. The SMILES string of the molecule is Cc1cn([C@H]2C[C@H](O)[C@@H](C(=O)N[C@@H](CCCN=C(N)N)C(=O)NCCN[C@H]3[C@@H](O)[C@H](N)C[C@H](N)[C@H]3O[C@H]3O[C@H](CN)[C@@H](O)[C@H](O)[C@H]3N)O2)c(=O)[nH]c1=O. The maximum Gasteiger partial charge on any atom is 0.330 e. The van der Waals surface area contributed by atoms with E-state index in [9.17, 15) is 39.6 Å². The molecule has 23 heteroatoms. The number of rotatable bonds is 15. The number of H-pyrrole nitrogens is 1. The van der Waals surface area contributed by atoms with Crippen molar-refractivity contribution in [3.05, 3.63) is 32.6 Å². The molecule has 1 aromatic heterocycles. The molecule has 2 amide bonds. The highest BCUT2D eigenvalue weighted by atomic mass is 16.7. The molecule has 300 valence electrons. The van der Waals surface area contributed by atoms with Crippen molar-refractivity contribution in [1.29, 1.82) is 0 Å². The van der Waals surface area contributed by atoms with E-state index in [-0.39, 0.29) is 63.4 Å². The van der Waals surface area contributed by atoms with Gasteiger partial charge in [0.05, 0.1) is 30.4 Å². The second-order valence-electron chi connectivity index (χ2n) is 13.6. The summed E-state index contributed by atoms with van der Waals surface area (Å²) in [6, 6.07) is -4.62. The van der Waals surface area contributed by atoms with Crippen LogP contribution in [0.25, 0.3) is 0 Å². The molecule has 3 fully saturated rings. The van der Waals surface area contributed by atoms with Gasteiger partial charge < -0.3 is 85.0 Å². The summed E-state index contributed by atoms with van der Waals surface area (Å²) in [5, 5.41) is 50.7. The number of carbonyl (C=O) groups excluding carboxylic acids is 2. The number of nitrogens with zero attached hydrogens (tertiary/aromatic N) is 2. The average Bonchev–Trinajstić information content (AvgIpc) is 3.50. The minimum atomic E-state index is -1.45. The fourth-order valence-corrected chi connectivity index (χ4v) is 6.60. The van der Waals surface area contributed by atoms with Gasteiger partial charge in [-0.15, -0.1) is 0 Å². The Balaban J connectivity index is 1.38. The van der Waals surface area contributed by atoms with Gasteiger partial charge in [-0.25, -0.2) is 4.79 Å². The van der Waals surface area contributed by atoms with Crippen LogP contribution in [0.5, 0.6) is 0 Å². The van der Waals surface area contributed by atoms with Gasteiger partial charge in [-0.05, 0) is 26.2 Å². The lowest BCUT2D eigenvalue weighted by Crippen LogP contribution is -2.70.